The molecule has 0 aromatic heterocycles. The van der Waals surface area contributed by atoms with Crippen LogP contribution in [0, 0.1) is 5.21 Å². The highest BCUT2D eigenvalue weighted by Crippen LogP contribution is 2.15. The summed E-state index contributed by atoms with van der Waals surface area (Å²) in [5, 5.41) is 13.9. The zero-order valence-corrected chi connectivity index (χ0v) is 8.23. The van der Waals surface area contributed by atoms with Gasteiger partial charge >= 0.3 is 0 Å². The maximum Gasteiger partial charge on any atom is 0.147 e. The minimum absolute atomic E-state index is 0.455. The summed E-state index contributed by atoms with van der Waals surface area (Å²) in [7, 11) is 1.31. The molecule has 0 saturated carbocycles. The number of hydroxylamine groups is 1. The summed E-state index contributed by atoms with van der Waals surface area (Å²) in [6, 6.07) is 7.20. The van der Waals surface area contributed by atoms with Crippen molar-refractivity contribution >= 4 is 5.69 Å². The summed E-state index contributed by atoms with van der Waals surface area (Å²) < 4.78 is 5.26. The average molecular weight is 195 g/mol. The summed E-state index contributed by atoms with van der Waals surface area (Å²) in [5.41, 5.74) is 3.34. The van der Waals surface area contributed by atoms with E-state index in [0.717, 1.165) is 11.4 Å². The highest BCUT2D eigenvalue weighted by molar-refractivity contribution is 5.45. The molecule has 0 aliphatic carbocycles. The number of ether oxygens (including phenoxy) is 1. The number of hydrogen-bond acceptors (Lipinski definition) is 3. The number of anilines is 1. The van der Waals surface area contributed by atoms with Crippen LogP contribution in [0.3, 0.4) is 0 Å². The summed E-state index contributed by atoms with van der Waals surface area (Å²) in [6.45, 7) is 2.56. The molecule has 1 aromatic carbocycles. The van der Waals surface area contributed by atoms with Crippen molar-refractivity contribution in [3.63, 3.8) is 0 Å². The quantitative estimate of drug-likeness (QED) is 0.454. The van der Waals surface area contributed by atoms with E-state index in [1.807, 2.05) is 19.1 Å². The highest BCUT2D eigenvalue weighted by atomic mass is 16.5. The van der Waals surface area contributed by atoms with Gasteiger partial charge in [-0.15, -0.1) is 5.43 Å². The molecule has 0 bridgehead atoms. The third-order valence-electron chi connectivity index (χ3n) is 1.49. The van der Waals surface area contributed by atoms with Crippen molar-refractivity contribution < 1.29 is 9.60 Å². The van der Waals surface area contributed by atoms with Gasteiger partial charge in [0, 0.05) is 0 Å². The van der Waals surface area contributed by atoms with Gasteiger partial charge in [0.2, 0.25) is 0 Å². The first-order valence-corrected chi connectivity index (χ1v) is 4.32. The average Bonchev–Trinajstić information content (AvgIpc) is 2.17. The molecule has 5 heteroatoms. The summed E-state index contributed by atoms with van der Waals surface area (Å²) in [4.78, 5) is 0.455. The largest absolute Gasteiger partial charge is 0.696 e. The van der Waals surface area contributed by atoms with Gasteiger partial charge < -0.3 is 9.94 Å². The zero-order chi connectivity index (χ0) is 10.4. The van der Waals surface area contributed by atoms with E-state index in [1.54, 1.807) is 12.1 Å². The molecule has 1 rings (SSSR count). The molecule has 0 heterocycles. The lowest BCUT2D eigenvalue weighted by molar-refractivity contribution is -0.497. The molecule has 5 nitrogen and oxygen atoms in total. The molecule has 0 unspecified atom stereocenters. The molecule has 1 aromatic rings. The molecular formula is C9H13N3O2. The first-order chi connectivity index (χ1) is 6.72. The van der Waals surface area contributed by atoms with E-state index < -0.39 is 0 Å². The maximum atomic E-state index is 10.4. The van der Waals surface area contributed by atoms with Gasteiger partial charge in [-0.05, 0) is 31.2 Å². The van der Waals surface area contributed by atoms with Gasteiger partial charge in [-0.25, -0.2) is 0 Å². The van der Waals surface area contributed by atoms with Crippen LogP contribution in [0.1, 0.15) is 6.92 Å². The first-order valence-electron chi connectivity index (χ1n) is 4.32. The van der Waals surface area contributed by atoms with Gasteiger partial charge in [0.05, 0.1) is 11.8 Å². The Bertz CT molecular complexity index is 304. The smallest absolute Gasteiger partial charge is 0.147 e. The second-order valence-electron chi connectivity index (χ2n) is 2.63. The maximum absolute atomic E-state index is 10.4. The van der Waals surface area contributed by atoms with Crippen molar-refractivity contribution in [2.75, 3.05) is 19.1 Å². The Labute approximate surface area is 82.6 Å². The third kappa shape index (κ3) is 3.30. The Morgan fingerprint density at radius 2 is 2.07 bits per heavy atom. The second-order valence-corrected chi connectivity index (χ2v) is 2.63. The minimum atomic E-state index is 0.455. The SMILES string of the molecule is CCOc1ccc(N/N=[N+](\C)[O-])cc1. The molecule has 0 spiro atoms. The molecule has 14 heavy (non-hydrogen) atoms. The molecule has 1 N–H and O–H groups in total. The standard InChI is InChI=1S/C9H13N3O2/c1-3-14-9-6-4-8(5-7-9)10-11-12(2)13/h4-7,10H,3H2,1-2H3/b12-11+. The summed E-state index contributed by atoms with van der Waals surface area (Å²) in [6.07, 6.45) is 0. The van der Waals surface area contributed by atoms with Crippen molar-refractivity contribution in [2.45, 2.75) is 6.92 Å². The molecule has 0 amide bonds. The van der Waals surface area contributed by atoms with Crippen molar-refractivity contribution in [1.82, 2.24) is 0 Å². The van der Waals surface area contributed by atoms with E-state index in [4.69, 9.17) is 4.74 Å². The minimum Gasteiger partial charge on any atom is -0.696 e. The molecule has 0 fully saturated rings. The molecule has 0 saturated heterocycles. The van der Waals surface area contributed by atoms with Crippen LogP contribution in [0.4, 0.5) is 5.69 Å². The monoisotopic (exact) mass is 195 g/mol. The van der Waals surface area contributed by atoms with Crippen LogP contribution in [-0.2, 0) is 0 Å². The van der Waals surface area contributed by atoms with Crippen LogP contribution >= 0.6 is 0 Å². The van der Waals surface area contributed by atoms with Gasteiger partial charge in [0.15, 0.2) is 0 Å². The Morgan fingerprint density at radius 3 is 2.57 bits per heavy atom. The van der Waals surface area contributed by atoms with Gasteiger partial charge in [-0.2, -0.15) is 4.86 Å². The topological polar surface area (TPSA) is 59.7 Å². The molecule has 76 valence electrons. The lowest BCUT2D eigenvalue weighted by Crippen LogP contribution is -1.97. The van der Waals surface area contributed by atoms with Crippen LogP contribution < -0.4 is 10.2 Å². The van der Waals surface area contributed by atoms with Gasteiger partial charge in [-0.3, -0.25) is 0 Å². The number of nitrogens with zero attached hydrogens (tertiary/aromatic N) is 2. The van der Waals surface area contributed by atoms with Crippen LogP contribution in [0.15, 0.2) is 29.5 Å². The summed E-state index contributed by atoms with van der Waals surface area (Å²) in [5.74, 6) is 0.800. The van der Waals surface area contributed by atoms with Gasteiger partial charge in [0.1, 0.15) is 18.5 Å². The second kappa shape index (κ2) is 5.06. The van der Waals surface area contributed by atoms with Crippen molar-refractivity contribution in [2.24, 2.45) is 5.22 Å². The number of benzene rings is 1. The molecular weight excluding hydrogens is 182 g/mol. The Hall–Kier alpha value is -1.78. The predicted octanol–water partition coefficient (Wildman–Crippen LogP) is 2.00. The fourth-order valence-corrected chi connectivity index (χ4v) is 0.921. The summed E-state index contributed by atoms with van der Waals surface area (Å²) >= 11 is 0. The number of hydrogen-bond donors (Lipinski definition) is 1. The van der Waals surface area contributed by atoms with Crippen molar-refractivity contribution in [3.05, 3.63) is 29.5 Å². The van der Waals surface area contributed by atoms with E-state index in [2.05, 4.69) is 10.6 Å². The van der Waals surface area contributed by atoms with Crippen molar-refractivity contribution in [3.8, 4) is 5.75 Å². The number of nitrogens with one attached hydrogen (secondary N) is 1. The molecule has 0 aliphatic heterocycles. The van der Waals surface area contributed by atoms with E-state index >= 15 is 0 Å². The van der Waals surface area contributed by atoms with E-state index in [9.17, 15) is 5.21 Å². The Balaban J connectivity index is 2.59. The third-order valence-corrected chi connectivity index (χ3v) is 1.49. The lowest BCUT2D eigenvalue weighted by atomic mass is 10.3. The number of rotatable bonds is 4. The van der Waals surface area contributed by atoms with Crippen molar-refractivity contribution in [1.29, 1.82) is 0 Å². The van der Waals surface area contributed by atoms with Crippen LogP contribution in [0.5, 0.6) is 5.75 Å². The fourth-order valence-electron chi connectivity index (χ4n) is 0.921. The van der Waals surface area contributed by atoms with E-state index in [1.165, 1.54) is 7.05 Å². The lowest BCUT2D eigenvalue weighted by Gasteiger charge is -2.02. The van der Waals surface area contributed by atoms with Crippen LogP contribution in [-0.4, -0.2) is 18.5 Å². The van der Waals surface area contributed by atoms with Crippen LogP contribution in [0.25, 0.3) is 0 Å². The normalized spacial score (nSPS) is 11.1. The van der Waals surface area contributed by atoms with E-state index in [-0.39, 0.29) is 0 Å². The van der Waals surface area contributed by atoms with Crippen LogP contribution in [0.2, 0.25) is 0 Å². The predicted molar refractivity (Wildman–Crippen MR) is 53.2 cm³/mol. The van der Waals surface area contributed by atoms with Gasteiger partial charge in [0.25, 0.3) is 0 Å². The van der Waals surface area contributed by atoms with Gasteiger partial charge in [-0.1, -0.05) is 0 Å². The first kappa shape index (κ1) is 10.3. The van der Waals surface area contributed by atoms with E-state index in [0.29, 0.717) is 11.5 Å². The molecule has 0 radical (unpaired) electrons. The zero-order valence-electron chi connectivity index (χ0n) is 8.23. The molecule has 0 aliphatic rings. The highest BCUT2D eigenvalue weighted by Gasteiger charge is 1.96. The Kier molecular flexibility index (Phi) is 3.72. The molecule has 0 atom stereocenters. The Morgan fingerprint density at radius 1 is 1.43 bits per heavy atom. The fraction of sp³-hybridized carbons (Fsp3) is 0.333.